The van der Waals surface area contributed by atoms with Gasteiger partial charge in [0.1, 0.15) is 6.04 Å². The molecule has 150 valence electrons. The average molecular weight is 381 g/mol. The summed E-state index contributed by atoms with van der Waals surface area (Å²) < 4.78 is 0. The number of hydrogen-bond donors (Lipinski definition) is 3. The summed E-state index contributed by atoms with van der Waals surface area (Å²) in [6.45, 7) is 7.73. The summed E-state index contributed by atoms with van der Waals surface area (Å²) in [7, 11) is 0. The minimum atomic E-state index is -0.330. The first-order chi connectivity index (χ1) is 13.6. The Balaban J connectivity index is 1.66. The molecule has 5 nitrogen and oxygen atoms in total. The number of nitrogens with one attached hydrogen (secondary N) is 3. The van der Waals surface area contributed by atoms with Gasteiger partial charge >= 0.3 is 0 Å². The summed E-state index contributed by atoms with van der Waals surface area (Å²) in [4.78, 5) is 17.1. The minimum Gasteiger partial charge on any atom is -0.350 e. The highest BCUT2D eigenvalue weighted by Crippen LogP contribution is 2.21. The van der Waals surface area contributed by atoms with Crippen molar-refractivity contribution in [3.63, 3.8) is 0 Å². The maximum atomic E-state index is 13.1. The summed E-state index contributed by atoms with van der Waals surface area (Å²) in [6, 6.07) is 9.85. The van der Waals surface area contributed by atoms with Crippen molar-refractivity contribution >= 4 is 5.91 Å². The monoisotopic (exact) mass is 380 g/mol. The summed E-state index contributed by atoms with van der Waals surface area (Å²) in [5, 5.41) is 10.1. The van der Waals surface area contributed by atoms with Gasteiger partial charge in [0, 0.05) is 18.9 Å². The van der Waals surface area contributed by atoms with Crippen molar-refractivity contribution < 1.29 is 4.79 Å². The van der Waals surface area contributed by atoms with Gasteiger partial charge in [0.2, 0.25) is 5.91 Å². The Bertz CT molecular complexity index is 756. The van der Waals surface area contributed by atoms with Gasteiger partial charge in [0.05, 0.1) is 0 Å². The lowest BCUT2D eigenvalue weighted by molar-refractivity contribution is -0.123. The fourth-order valence-corrected chi connectivity index (χ4v) is 3.81. The van der Waals surface area contributed by atoms with Crippen LogP contribution < -0.4 is 16.0 Å². The van der Waals surface area contributed by atoms with Crippen LogP contribution in [0.4, 0.5) is 0 Å². The number of piperidine rings is 1. The Morgan fingerprint density at radius 1 is 1.18 bits per heavy atom. The first kappa shape index (κ1) is 20.5. The Morgan fingerprint density at radius 2 is 1.93 bits per heavy atom. The summed E-state index contributed by atoms with van der Waals surface area (Å²) in [5.74, 6) is 0.767. The molecule has 1 aromatic carbocycles. The van der Waals surface area contributed by atoms with E-state index in [0.29, 0.717) is 6.54 Å². The molecule has 0 saturated carbocycles. The van der Waals surface area contributed by atoms with Crippen molar-refractivity contribution in [3.8, 4) is 0 Å². The molecule has 0 bridgehead atoms. The van der Waals surface area contributed by atoms with Crippen LogP contribution >= 0.6 is 0 Å². The Morgan fingerprint density at radius 3 is 2.68 bits per heavy atom. The van der Waals surface area contributed by atoms with Gasteiger partial charge < -0.3 is 16.0 Å². The van der Waals surface area contributed by atoms with Gasteiger partial charge in [-0.15, -0.1) is 0 Å². The minimum absolute atomic E-state index is 0.0239. The number of aryl methyl sites for hydroxylation is 2. The van der Waals surface area contributed by atoms with Crippen LogP contribution in [-0.2, 0) is 11.3 Å². The van der Waals surface area contributed by atoms with E-state index < -0.39 is 0 Å². The van der Waals surface area contributed by atoms with Crippen LogP contribution in [0, 0.1) is 19.8 Å². The second-order valence-electron chi connectivity index (χ2n) is 7.80. The predicted molar refractivity (Wildman–Crippen MR) is 113 cm³/mol. The molecule has 0 spiro atoms. The van der Waals surface area contributed by atoms with E-state index in [1.165, 1.54) is 18.4 Å². The molecular weight excluding hydrogens is 348 g/mol. The number of carbonyl (C=O) groups is 1. The van der Waals surface area contributed by atoms with Crippen molar-refractivity contribution in [3.05, 3.63) is 65.0 Å². The number of carbonyl (C=O) groups excluding carboxylic acids is 1. The van der Waals surface area contributed by atoms with Gasteiger partial charge in [-0.3, -0.25) is 9.78 Å². The van der Waals surface area contributed by atoms with Gasteiger partial charge in [0.25, 0.3) is 0 Å². The molecule has 1 saturated heterocycles. The molecule has 1 fully saturated rings. The molecule has 2 aromatic rings. The van der Waals surface area contributed by atoms with E-state index in [2.05, 4.69) is 53.0 Å². The third kappa shape index (κ3) is 5.88. The highest BCUT2D eigenvalue weighted by molar-refractivity contribution is 5.83. The predicted octanol–water partition coefficient (Wildman–Crippen LogP) is 3.04. The van der Waals surface area contributed by atoms with E-state index in [-0.39, 0.29) is 11.9 Å². The third-order valence-corrected chi connectivity index (χ3v) is 5.58. The van der Waals surface area contributed by atoms with Crippen LogP contribution in [0.2, 0.25) is 0 Å². The number of benzene rings is 1. The van der Waals surface area contributed by atoms with Gasteiger partial charge in [-0.1, -0.05) is 23.8 Å². The lowest BCUT2D eigenvalue weighted by Gasteiger charge is -2.25. The van der Waals surface area contributed by atoms with Crippen molar-refractivity contribution in [1.82, 2.24) is 20.9 Å². The number of amides is 1. The van der Waals surface area contributed by atoms with E-state index in [1.807, 2.05) is 12.1 Å². The lowest BCUT2D eigenvalue weighted by atomic mass is 9.94. The zero-order valence-electron chi connectivity index (χ0n) is 17.0. The Labute approximate surface area is 168 Å². The molecule has 1 aromatic heterocycles. The molecule has 0 aliphatic carbocycles. The van der Waals surface area contributed by atoms with Gasteiger partial charge in [-0.2, -0.15) is 0 Å². The van der Waals surface area contributed by atoms with Crippen LogP contribution in [0.5, 0.6) is 0 Å². The third-order valence-electron chi connectivity index (χ3n) is 5.58. The number of nitrogens with zero attached hydrogens (tertiary/aromatic N) is 1. The number of hydrogen-bond acceptors (Lipinski definition) is 4. The van der Waals surface area contributed by atoms with Gasteiger partial charge in [0.15, 0.2) is 0 Å². The molecule has 0 radical (unpaired) electrons. The van der Waals surface area contributed by atoms with Crippen LogP contribution in [0.25, 0.3) is 0 Å². The normalized spacial score (nSPS) is 15.9. The topological polar surface area (TPSA) is 66.0 Å². The molecule has 3 rings (SSSR count). The van der Waals surface area contributed by atoms with E-state index in [4.69, 9.17) is 0 Å². The Kier molecular flexibility index (Phi) is 7.57. The molecule has 1 amide bonds. The first-order valence-corrected chi connectivity index (χ1v) is 10.3. The number of rotatable bonds is 8. The summed E-state index contributed by atoms with van der Waals surface area (Å²) >= 11 is 0. The van der Waals surface area contributed by atoms with Gasteiger partial charge in [-0.25, -0.2) is 0 Å². The molecule has 5 heteroatoms. The maximum Gasteiger partial charge on any atom is 0.242 e. The Hall–Kier alpha value is -2.24. The molecular formula is C23H32N4O. The standard InChI is InChI=1S/C23H32N4O/c1-17-3-4-18(2)21(15-17)22(26-14-9-19-5-10-24-11-6-19)23(28)27-16-20-7-12-25-13-8-20/h3-4,7-8,12-13,15,19,22,24,26H,5-6,9-11,14,16H2,1-2H3,(H,27,28). The fourth-order valence-electron chi connectivity index (χ4n) is 3.81. The molecule has 1 aliphatic heterocycles. The first-order valence-electron chi connectivity index (χ1n) is 10.3. The van der Waals surface area contributed by atoms with Crippen LogP contribution in [0.3, 0.4) is 0 Å². The zero-order chi connectivity index (χ0) is 19.8. The highest BCUT2D eigenvalue weighted by atomic mass is 16.2. The highest BCUT2D eigenvalue weighted by Gasteiger charge is 2.22. The molecule has 2 heterocycles. The van der Waals surface area contributed by atoms with E-state index in [1.54, 1.807) is 12.4 Å². The second-order valence-corrected chi connectivity index (χ2v) is 7.80. The van der Waals surface area contributed by atoms with E-state index in [9.17, 15) is 4.79 Å². The zero-order valence-corrected chi connectivity index (χ0v) is 17.0. The fraction of sp³-hybridized carbons (Fsp3) is 0.478. The largest absolute Gasteiger partial charge is 0.350 e. The smallest absolute Gasteiger partial charge is 0.242 e. The van der Waals surface area contributed by atoms with E-state index >= 15 is 0 Å². The molecule has 1 atom stereocenters. The molecule has 1 unspecified atom stereocenters. The molecule has 3 N–H and O–H groups in total. The summed E-state index contributed by atoms with van der Waals surface area (Å²) in [5.41, 5.74) is 4.44. The SMILES string of the molecule is Cc1ccc(C)c(C(NCCC2CCNCC2)C(=O)NCc2ccncc2)c1. The number of pyridine rings is 1. The summed E-state index contributed by atoms with van der Waals surface area (Å²) in [6.07, 6.45) is 7.07. The van der Waals surface area contributed by atoms with Crippen LogP contribution in [0.1, 0.15) is 47.6 Å². The lowest BCUT2D eigenvalue weighted by Crippen LogP contribution is -2.39. The van der Waals surface area contributed by atoms with E-state index in [0.717, 1.165) is 48.7 Å². The van der Waals surface area contributed by atoms with Gasteiger partial charge in [-0.05, 0) is 87.5 Å². The van der Waals surface area contributed by atoms with Crippen molar-refractivity contribution in [2.24, 2.45) is 5.92 Å². The van der Waals surface area contributed by atoms with Crippen molar-refractivity contribution in [1.29, 1.82) is 0 Å². The maximum absolute atomic E-state index is 13.1. The molecule has 28 heavy (non-hydrogen) atoms. The quantitative estimate of drug-likeness (QED) is 0.659. The number of aromatic nitrogens is 1. The van der Waals surface area contributed by atoms with Crippen molar-refractivity contribution in [2.45, 2.75) is 45.7 Å². The average Bonchev–Trinajstić information content (AvgIpc) is 2.73. The van der Waals surface area contributed by atoms with Crippen LogP contribution in [0.15, 0.2) is 42.7 Å². The van der Waals surface area contributed by atoms with Crippen molar-refractivity contribution in [2.75, 3.05) is 19.6 Å². The molecule has 1 aliphatic rings. The second kappa shape index (κ2) is 10.3. The van der Waals surface area contributed by atoms with Crippen LogP contribution in [-0.4, -0.2) is 30.5 Å².